The highest BCUT2D eigenvalue weighted by molar-refractivity contribution is 5.93. The Kier molecular flexibility index (Phi) is 11.3. The minimum absolute atomic E-state index is 0.0152. The number of rotatable bonds is 6. The van der Waals surface area contributed by atoms with E-state index < -0.39 is 88.8 Å². The van der Waals surface area contributed by atoms with Gasteiger partial charge in [-0.15, -0.1) is 0 Å². The van der Waals surface area contributed by atoms with Gasteiger partial charge in [0, 0.05) is 69.8 Å². The van der Waals surface area contributed by atoms with Crippen LogP contribution in [-0.2, 0) is 47.7 Å². The van der Waals surface area contributed by atoms with Gasteiger partial charge in [0.1, 0.15) is 24.4 Å². The fourth-order valence-corrected chi connectivity index (χ4v) is 6.40. The first-order valence-electron chi connectivity index (χ1n) is 15.1. The number of ketones is 1. The van der Waals surface area contributed by atoms with Gasteiger partial charge in [-0.2, -0.15) is 0 Å². The van der Waals surface area contributed by atoms with E-state index in [2.05, 4.69) is 11.6 Å². The molecular formula is C34H43NO11. The summed E-state index contributed by atoms with van der Waals surface area (Å²) < 4.78 is 29.2. The van der Waals surface area contributed by atoms with Gasteiger partial charge in [0.2, 0.25) is 0 Å². The van der Waals surface area contributed by atoms with E-state index in [1.54, 1.807) is 52.0 Å². The van der Waals surface area contributed by atoms with Crippen LogP contribution in [0.3, 0.4) is 0 Å². The van der Waals surface area contributed by atoms with Gasteiger partial charge in [-0.05, 0) is 18.1 Å². The van der Waals surface area contributed by atoms with Gasteiger partial charge >= 0.3 is 29.8 Å². The minimum Gasteiger partial charge on any atom is -0.462 e. The lowest BCUT2D eigenvalue weighted by molar-refractivity contribution is -0.185. The van der Waals surface area contributed by atoms with Crippen molar-refractivity contribution in [1.82, 2.24) is 4.98 Å². The normalized spacial score (nSPS) is 30.9. The average Bonchev–Trinajstić information content (AvgIpc) is 3.22. The second kappa shape index (κ2) is 14.4. The molecule has 8 unspecified atom stereocenters. The molecule has 46 heavy (non-hydrogen) atoms. The minimum atomic E-state index is -1.92. The van der Waals surface area contributed by atoms with E-state index in [1.165, 1.54) is 26.2 Å². The first-order chi connectivity index (χ1) is 21.4. The summed E-state index contributed by atoms with van der Waals surface area (Å²) in [5.74, 6) is -6.82. The molecule has 0 aromatic carbocycles. The summed E-state index contributed by atoms with van der Waals surface area (Å²) in [6, 6.07) is 3.12. The molecule has 0 bridgehead atoms. The van der Waals surface area contributed by atoms with Crippen molar-refractivity contribution in [3.05, 3.63) is 54.4 Å². The van der Waals surface area contributed by atoms with Gasteiger partial charge in [0.15, 0.2) is 11.4 Å². The lowest BCUT2D eigenvalue weighted by Gasteiger charge is -2.42. The fourth-order valence-electron chi connectivity index (χ4n) is 6.40. The molecular weight excluding hydrogens is 598 g/mol. The van der Waals surface area contributed by atoms with Gasteiger partial charge < -0.3 is 23.7 Å². The molecule has 3 rings (SSSR count). The van der Waals surface area contributed by atoms with E-state index in [1.807, 2.05) is 0 Å². The third kappa shape index (κ3) is 8.07. The average molecular weight is 642 g/mol. The molecule has 0 saturated heterocycles. The van der Waals surface area contributed by atoms with Crippen LogP contribution < -0.4 is 0 Å². The van der Waals surface area contributed by atoms with E-state index in [-0.39, 0.29) is 24.0 Å². The van der Waals surface area contributed by atoms with E-state index in [4.69, 9.17) is 23.7 Å². The predicted molar refractivity (Wildman–Crippen MR) is 163 cm³/mol. The van der Waals surface area contributed by atoms with Crippen molar-refractivity contribution in [3.63, 3.8) is 0 Å². The smallest absolute Gasteiger partial charge is 0.340 e. The molecule has 250 valence electrons. The van der Waals surface area contributed by atoms with Crippen LogP contribution in [0.2, 0.25) is 0 Å². The number of ether oxygens (including phenoxy) is 5. The zero-order valence-corrected chi connectivity index (χ0v) is 27.6. The van der Waals surface area contributed by atoms with Crippen LogP contribution in [0.5, 0.6) is 0 Å². The number of Topliss-reactive ketones (excluding diaryl/α,β-unsaturated/α-hetero) is 1. The summed E-state index contributed by atoms with van der Waals surface area (Å²) in [6.45, 7) is 15.8. The molecule has 12 nitrogen and oxygen atoms in total. The van der Waals surface area contributed by atoms with Crippen LogP contribution in [-0.4, -0.2) is 70.6 Å². The predicted octanol–water partition coefficient (Wildman–Crippen LogP) is 4.11. The largest absolute Gasteiger partial charge is 0.462 e. The third-order valence-electron chi connectivity index (χ3n) is 8.46. The number of aromatic nitrogens is 1. The molecule has 1 aromatic heterocycles. The molecule has 1 heterocycles. The highest BCUT2D eigenvalue weighted by Gasteiger charge is 2.65. The van der Waals surface area contributed by atoms with Crippen LogP contribution >= 0.6 is 0 Å². The van der Waals surface area contributed by atoms with Gasteiger partial charge in [0.25, 0.3) is 0 Å². The topological polar surface area (TPSA) is 161 Å². The van der Waals surface area contributed by atoms with Crippen LogP contribution in [0.1, 0.15) is 78.6 Å². The number of nitrogens with zero attached hydrogens (tertiary/aromatic N) is 1. The molecule has 1 aromatic rings. The molecule has 0 aliphatic heterocycles. The molecule has 1 fully saturated rings. The zero-order valence-electron chi connectivity index (χ0n) is 27.6. The van der Waals surface area contributed by atoms with Crippen LogP contribution in [0.25, 0.3) is 0 Å². The number of fused-ring (bicyclic) bond motifs is 1. The molecule has 1 saturated carbocycles. The molecule has 8 atom stereocenters. The maximum atomic E-state index is 14.5. The standard InChI is InChI=1S/C34H43NO11/c1-18-12-13-33(8,9)27(45-32(41)25-11-10-14-35-17-25)15-26(42-21(4)36)20(3)30(44-23(6)38)28-29(43-22(5)37)19(2)16-34(28,31(18)40)46-24(7)39/h10-14,17-19,26-30H,3,15-16H2,1-2,4-9H3. The van der Waals surface area contributed by atoms with Crippen molar-refractivity contribution in [2.45, 2.75) is 98.2 Å². The first kappa shape index (κ1) is 36.1. The lowest BCUT2D eigenvalue weighted by Crippen LogP contribution is -2.57. The maximum Gasteiger partial charge on any atom is 0.340 e. The number of pyridine rings is 1. The highest BCUT2D eigenvalue weighted by atomic mass is 16.6. The van der Waals surface area contributed by atoms with Crippen molar-refractivity contribution in [1.29, 1.82) is 0 Å². The number of hydrogen-bond donors (Lipinski definition) is 0. The maximum absolute atomic E-state index is 14.5. The Bertz CT molecular complexity index is 1400. The Hall–Kier alpha value is -4.35. The molecule has 0 N–H and O–H groups in total. The monoisotopic (exact) mass is 641 g/mol. The molecule has 12 heteroatoms. The molecule has 2 aliphatic carbocycles. The molecule has 0 amide bonds. The number of esters is 5. The van der Waals surface area contributed by atoms with Crippen molar-refractivity contribution < 1.29 is 52.5 Å². The van der Waals surface area contributed by atoms with Gasteiger partial charge in [0.05, 0.1) is 11.5 Å². The Morgan fingerprint density at radius 1 is 0.913 bits per heavy atom. The van der Waals surface area contributed by atoms with Crippen LogP contribution in [0.15, 0.2) is 48.8 Å². The Balaban J connectivity index is 2.31. The Labute approximate surface area is 268 Å². The lowest BCUT2D eigenvalue weighted by atomic mass is 9.72. The summed E-state index contributed by atoms with van der Waals surface area (Å²) in [6.07, 6.45) is 1.28. The highest BCUT2D eigenvalue weighted by Crippen LogP contribution is 2.51. The molecule has 2 aliphatic rings. The van der Waals surface area contributed by atoms with E-state index >= 15 is 0 Å². The van der Waals surface area contributed by atoms with Crippen LogP contribution in [0.4, 0.5) is 0 Å². The van der Waals surface area contributed by atoms with Crippen molar-refractivity contribution in [2.24, 2.45) is 23.2 Å². The summed E-state index contributed by atoms with van der Waals surface area (Å²) in [5.41, 5.74) is -2.68. The second-order valence-electron chi connectivity index (χ2n) is 12.7. The first-order valence-corrected chi connectivity index (χ1v) is 15.1. The summed E-state index contributed by atoms with van der Waals surface area (Å²) in [4.78, 5) is 81.8. The van der Waals surface area contributed by atoms with Crippen LogP contribution in [0, 0.1) is 23.2 Å². The van der Waals surface area contributed by atoms with E-state index in [0.717, 1.165) is 13.8 Å². The third-order valence-corrected chi connectivity index (χ3v) is 8.46. The van der Waals surface area contributed by atoms with Crippen molar-refractivity contribution in [3.8, 4) is 0 Å². The molecule has 0 spiro atoms. The van der Waals surface area contributed by atoms with E-state index in [9.17, 15) is 28.8 Å². The van der Waals surface area contributed by atoms with E-state index in [0.29, 0.717) is 0 Å². The number of carbonyl (C=O) groups is 6. The van der Waals surface area contributed by atoms with Gasteiger partial charge in [-0.1, -0.05) is 46.4 Å². The zero-order chi connectivity index (χ0) is 34.6. The Morgan fingerprint density at radius 2 is 1.54 bits per heavy atom. The van der Waals surface area contributed by atoms with Crippen molar-refractivity contribution >= 4 is 35.6 Å². The summed E-state index contributed by atoms with van der Waals surface area (Å²) in [5, 5.41) is 0. The summed E-state index contributed by atoms with van der Waals surface area (Å²) in [7, 11) is 0. The number of allylic oxidation sites excluding steroid dienone is 1. The summed E-state index contributed by atoms with van der Waals surface area (Å²) >= 11 is 0. The van der Waals surface area contributed by atoms with Crippen molar-refractivity contribution in [2.75, 3.05) is 0 Å². The Morgan fingerprint density at radius 3 is 2.09 bits per heavy atom. The van der Waals surface area contributed by atoms with Gasteiger partial charge in [-0.3, -0.25) is 29.0 Å². The number of hydrogen-bond acceptors (Lipinski definition) is 12. The number of carbonyl (C=O) groups excluding carboxylic acids is 6. The quantitative estimate of drug-likeness (QED) is 0.249. The van der Waals surface area contributed by atoms with Gasteiger partial charge in [-0.25, -0.2) is 4.79 Å². The SMILES string of the molecule is C=C1C(OC(C)=O)CC(OC(=O)c2cccnc2)C(C)(C)C=CC(C)C(=O)C2(OC(C)=O)CC(C)C(OC(C)=O)C2C1OC(C)=O. The fraction of sp³-hybridized carbons (Fsp3) is 0.559. The molecule has 0 radical (unpaired) electrons. The second-order valence-corrected chi connectivity index (χ2v) is 12.7.